The summed E-state index contributed by atoms with van der Waals surface area (Å²) in [6, 6.07) is 0. The van der Waals surface area contributed by atoms with Gasteiger partial charge in [0.25, 0.3) is 0 Å². The Morgan fingerprint density at radius 2 is 2.19 bits per heavy atom. The van der Waals surface area contributed by atoms with Gasteiger partial charge < -0.3 is 4.74 Å². The van der Waals surface area contributed by atoms with E-state index in [4.69, 9.17) is 4.74 Å². The van der Waals surface area contributed by atoms with Crippen molar-refractivity contribution in [1.29, 1.82) is 0 Å². The molecule has 4 heteroatoms. The number of esters is 1. The molecule has 0 aliphatic rings. The van der Waals surface area contributed by atoms with Crippen molar-refractivity contribution in [1.82, 2.24) is 0 Å². The second-order valence-electron chi connectivity index (χ2n) is 3.38. The number of allylic oxidation sites excluding steroid dienone is 1. The van der Waals surface area contributed by atoms with E-state index in [2.05, 4.69) is 4.99 Å². The summed E-state index contributed by atoms with van der Waals surface area (Å²) in [5.41, 5.74) is 0.730. The monoisotopic (exact) mass is 225 g/mol. The van der Waals surface area contributed by atoms with Crippen molar-refractivity contribution in [2.75, 3.05) is 13.2 Å². The third kappa shape index (κ3) is 6.96. The van der Waals surface area contributed by atoms with Crippen molar-refractivity contribution in [2.45, 2.75) is 39.5 Å². The molecule has 0 atom stereocenters. The molecule has 90 valence electrons. The zero-order chi connectivity index (χ0) is 12.2. The Hall–Kier alpha value is -1.41. The van der Waals surface area contributed by atoms with Gasteiger partial charge in [-0.25, -0.2) is 14.6 Å². The van der Waals surface area contributed by atoms with Gasteiger partial charge >= 0.3 is 5.97 Å². The molecule has 0 aliphatic carbocycles. The number of isocyanates is 1. The minimum absolute atomic E-state index is 0.233. The fourth-order valence-electron chi connectivity index (χ4n) is 1.23. The normalized spacial score (nSPS) is 10.8. The van der Waals surface area contributed by atoms with Gasteiger partial charge in [0.2, 0.25) is 6.08 Å². The Morgan fingerprint density at radius 1 is 1.44 bits per heavy atom. The van der Waals surface area contributed by atoms with Crippen molar-refractivity contribution in [2.24, 2.45) is 4.99 Å². The van der Waals surface area contributed by atoms with Crippen LogP contribution in [0.4, 0.5) is 0 Å². The van der Waals surface area contributed by atoms with Gasteiger partial charge in [0.15, 0.2) is 0 Å². The number of ether oxygens (including phenoxy) is 1. The van der Waals surface area contributed by atoms with Gasteiger partial charge in [0, 0.05) is 5.57 Å². The fourth-order valence-corrected chi connectivity index (χ4v) is 1.23. The Kier molecular flexibility index (Phi) is 9.23. The van der Waals surface area contributed by atoms with E-state index >= 15 is 0 Å². The van der Waals surface area contributed by atoms with Crippen LogP contribution in [0.25, 0.3) is 0 Å². The lowest BCUT2D eigenvalue weighted by Gasteiger charge is -2.06. The zero-order valence-electron chi connectivity index (χ0n) is 9.99. The number of aliphatic imine (C=N–C) groups is 1. The van der Waals surface area contributed by atoms with Crippen LogP contribution in [-0.2, 0) is 14.3 Å². The SMILES string of the molecule is CC=C(CCC)C(=O)OCCCCN=C=O. The second-order valence-corrected chi connectivity index (χ2v) is 3.38. The maximum Gasteiger partial charge on any atom is 0.333 e. The summed E-state index contributed by atoms with van der Waals surface area (Å²) < 4.78 is 5.08. The van der Waals surface area contributed by atoms with Crippen LogP contribution in [0.15, 0.2) is 16.6 Å². The molecule has 0 rings (SSSR count). The smallest absolute Gasteiger partial charge is 0.333 e. The maximum atomic E-state index is 11.5. The molecule has 16 heavy (non-hydrogen) atoms. The summed E-state index contributed by atoms with van der Waals surface area (Å²) in [5.74, 6) is -0.233. The van der Waals surface area contributed by atoms with E-state index in [1.807, 2.05) is 13.8 Å². The molecule has 0 fully saturated rings. The molecule has 0 aliphatic heterocycles. The molecular formula is C12H19NO3. The van der Waals surface area contributed by atoms with Crippen LogP contribution in [0, 0.1) is 0 Å². The van der Waals surface area contributed by atoms with Gasteiger partial charge in [-0.3, -0.25) is 0 Å². The average molecular weight is 225 g/mol. The van der Waals surface area contributed by atoms with Crippen LogP contribution in [0.1, 0.15) is 39.5 Å². The van der Waals surface area contributed by atoms with Crippen LogP contribution in [-0.4, -0.2) is 25.2 Å². The maximum absolute atomic E-state index is 11.5. The van der Waals surface area contributed by atoms with Crippen LogP contribution >= 0.6 is 0 Å². The van der Waals surface area contributed by atoms with Gasteiger partial charge in [0.1, 0.15) is 0 Å². The van der Waals surface area contributed by atoms with E-state index in [-0.39, 0.29) is 5.97 Å². The third-order valence-corrected chi connectivity index (χ3v) is 2.09. The molecular weight excluding hydrogens is 206 g/mol. The molecule has 0 aromatic rings. The summed E-state index contributed by atoms with van der Waals surface area (Å²) in [6.45, 7) is 4.69. The molecule has 0 radical (unpaired) electrons. The van der Waals surface area contributed by atoms with Crippen molar-refractivity contribution >= 4 is 12.0 Å². The molecule has 0 spiro atoms. The molecule has 0 aromatic carbocycles. The predicted molar refractivity (Wildman–Crippen MR) is 61.8 cm³/mol. The molecule has 0 N–H and O–H groups in total. The molecule has 0 bridgehead atoms. The lowest BCUT2D eigenvalue weighted by atomic mass is 10.1. The summed E-state index contributed by atoms with van der Waals surface area (Å²) in [6.07, 6.45) is 6.41. The average Bonchev–Trinajstić information content (AvgIpc) is 2.30. The highest BCUT2D eigenvalue weighted by atomic mass is 16.5. The first-order chi connectivity index (χ1) is 7.76. The summed E-state index contributed by atoms with van der Waals surface area (Å²) >= 11 is 0. The Balaban J connectivity index is 3.67. The lowest BCUT2D eigenvalue weighted by molar-refractivity contribution is -0.139. The summed E-state index contributed by atoms with van der Waals surface area (Å²) in [5, 5.41) is 0. The predicted octanol–water partition coefficient (Wildman–Crippen LogP) is 2.39. The van der Waals surface area contributed by atoms with E-state index in [0.29, 0.717) is 13.2 Å². The van der Waals surface area contributed by atoms with Gasteiger partial charge in [-0.15, -0.1) is 0 Å². The van der Waals surface area contributed by atoms with Crippen LogP contribution in [0.3, 0.4) is 0 Å². The molecule has 0 heterocycles. The van der Waals surface area contributed by atoms with Gasteiger partial charge in [-0.1, -0.05) is 19.4 Å². The first-order valence-corrected chi connectivity index (χ1v) is 5.62. The topological polar surface area (TPSA) is 55.7 Å². The number of carbonyl (C=O) groups excluding carboxylic acids is 2. The number of unbranched alkanes of at least 4 members (excludes halogenated alkanes) is 1. The fraction of sp³-hybridized carbons (Fsp3) is 0.667. The number of hydrogen-bond donors (Lipinski definition) is 0. The number of nitrogens with zero attached hydrogens (tertiary/aromatic N) is 1. The zero-order valence-corrected chi connectivity index (χ0v) is 9.99. The standard InChI is InChI=1S/C12H19NO3/c1-3-7-11(4-2)12(15)16-9-6-5-8-13-10-14/h4H,3,5-9H2,1-2H3. The Labute approximate surface area is 96.4 Å². The number of hydrogen-bond acceptors (Lipinski definition) is 4. The number of carbonyl (C=O) groups is 1. The van der Waals surface area contributed by atoms with Gasteiger partial charge in [-0.2, -0.15) is 0 Å². The van der Waals surface area contributed by atoms with Crippen molar-refractivity contribution < 1.29 is 14.3 Å². The molecule has 4 nitrogen and oxygen atoms in total. The van der Waals surface area contributed by atoms with E-state index in [9.17, 15) is 9.59 Å². The van der Waals surface area contributed by atoms with E-state index in [0.717, 1.165) is 31.3 Å². The minimum Gasteiger partial charge on any atom is -0.462 e. The molecule has 0 saturated heterocycles. The third-order valence-electron chi connectivity index (χ3n) is 2.09. The molecule has 0 saturated carbocycles. The highest BCUT2D eigenvalue weighted by Gasteiger charge is 2.07. The first-order valence-electron chi connectivity index (χ1n) is 5.62. The highest BCUT2D eigenvalue weighted by Crippen LogP contribution is 2.07. The van der Waals surface area contributed by atoms with E-state index in [1.165, 1.54) is 6.08 Å². The summed E-state index contributed by atoms with van der Waals surface area (Å²) in [7, 11) is 0. The van der Waals surface area contributed by atoms with Crippen LogP contribution in [0.2, 0.25) is 0 Å². The van der Waals surface area contributed by atoms with Crippen molar-refractivity contribution in [3.63, 3.8) is 0 Å². The second kappa shape index (κ2) is 10.1. The van der Waals surface area contributed by atoms with Gasteiger partial charge in [0.05, 0.1) is 13.2 Å². The number of rotatable bonds is 8. The first kappa shape index (κ1) is 14.6. The van der Waals surface area contributed by atoms with Crippen molar-refractivity contribution in [3.05, 3.63) is 11.6 Å². The van der Waals surface area contributed by atoms with Crippen LogP contribution in [0.5, 0.6) is 0 Å². The largest absolute Gasteiger partial charge is 0.462 e. The van der Waals surface area contributed by atoms with Crippen LogP contribution < -0.4 is 0 Å². The molecule has 0 unspecified atom stereocenters. The van der Waals surface area contributed by atoms with Crippen molar-refractivity contribution in [3.8, 4) is 0 Å². The lowest BCUT2D eigenvalue weighted by Crippen LogP contribution is -2.09. The van der Waals surface area contributed by atoms with E-state index < -0.39 is 0 Å². The molecule has 0 amide bonds. The quantitative estimate of drug-likeness (QED) is 0.209. The minimum atomic E-state index is -0.233. The summed E-state index contributed by atoms with van der Waals surface area (Å²) in [4.78, 5) is 24.6. The van der Waals surface area contributed by atoms with E-state index in [1.54, 1.807) is 6.08 Å². The Morgan fingerprint density at radius 3 is 2.75 bits per heavy atom. The van der Waals surface area contributed by atoms with Gasteiger partial charge in [-0.05, 0) is 26.2 Å². The highest BCUT2D eigenvalue weighted by molar-refractivity contribution is 5.88. The Bertz CT molecular complexity index is 278. The molecule has 0 aromatic heterocycles.